The molecule has 0 aliphatic carbocycles. The van der Waals surface area contributed by atoms with Crippen molar-refractivity contribution < 1.29 is 9.13 Å². The second-order valence-corrected chi connectivity index (χ2v) is 7.42. The Balaban J connectivity index is 1.80. The Morgan fingerprint density at radius 1 is 1.19 bits per heavy atom. The van der Waals surface area contributed by atoms with Crippen molar-refractivity contribution in [3.05, 3.63) is 100 Å². The minimum Gasteiger partial charge on any atom is -0.493 e. The van der Waals surface area contributed by atoms with Crippen LogP contribution in [0, 0.1) is 12.7 Å². The first kappa shape index (κ1) is 20.4. The van der Waals surface area contributed by atoms with E-state index in [-0.39, 0.29) is 11.4 Å². The summed E-state index contributed by atoms with van der Waals surface area (Å²) < 4.78 is 20.6. The highest BCUT2D eigenvalue weighted by Gasteiger charge is 2.21. The van der Waals surface area contributed by atoms with Gasteiger partial charge in [0.05, 0.1) is 31.2 Å². The number of aromatic nitrogens is 1. The number of pyridine rings is 1. The number of hydrogen-bond donors (Lipinski definition) is 1. The molecule has 3 aromatic rings. The van der Waals surface area contributed by atoms with Crippen LogP contribution in [0.4, 0.5) is 10.1 Å². The van der Waals surface area contributed by atoms with Crippen LogP contribution in [0.15, 0.2) is 82.7 Å². The van der Waals surface area contributed by atoms with Crippen LogP contribution in [0.2, 0.25) is 0 Å². The Kier molecular flexibility index (Phi) is 5.33. The molecule has 0 amide bonds. The molecule has 0 spiro atoms. The first-order valence-electron chi connectivity index (χ1n) is 9.78. The highest BCUT2D eigenvalue weighted by atomic mass is 19.1. The van der Waals surface area contributed by atoms with E-state index in [2.05, 4.69) is 11.9 Å². The number of halogens is 1. The lowest BCUT2D eigenvalue weighted by atomic mass is 10.1. The maximum Gasteiger partial charge on any atom is 0.258 e. The van der Waals surface area contributed by atoms with Gasteiger partial charge in [-0.2, -0.15) is 0 Å². The molecule has 2 aromatic carbocycles. The third-order valence-electron chi connectivity index (χ3n) is 5.23. The number of ether oxygens (including phenoxy) is 1. The minimum atomic E-state index is -0.242. The Morgan fingerprint density at radius 3 is 2.74 bits per heavy atom. The number of aliphatic imine (C=N–C) groups is 1. The van der Waals surface area contributed by atoms with Crippen LogP contribution in [0.5, 0.6) is 0 Å². The van der Waals surface area contributed by atoms with E-state index < -0.39 is 0 Å². The van der Waals surface area contributed by atoms with Crippen LogP contribution in [0.3, 0.4) is 0 Å². The number of benzene rings is 2. The van der Waals surface area contributed by atoms with E-state index in [0.717, 1.165) is 10.9 Å². The van der Waals surface area contributed by atoms with Gasteiger partial charge < -0.3 is 19.5 Å². The number of guanidine groups is 1. The molecule has 0 unspecified atom stereocenters. The molecule has 0 saturated heterocycles. The lowest BCUT2D eigenvalue weighted by Gasteiger charge is -2.30. The summed E-state index contributed by atoms with van der Waals surface area (Å²) >= 11 is 0. The Hall–Kier alpha value is -3.87. The quantitative estimate of drug-likeness (QED) is 0.694. The average molecular weight is 418 g/mol. The molecule has 0 radical (unpaired) electrons. The van der Waals surface area contributed by atoms with Gasteiger partial charge >= 0.3 is 0 Å². The highest BCUT2D eigenvalue weighted by Crippen LogP contribution is 2.26. The molecule has 0 fully saturated rings. The Morgan fingerprint density at radius 2 is 2.00 bits per heavy atom. The summed E-state index contributed by atoms with van der Waals surface area (Å²) in [5, 5.41) is 4.53. The van der Waals surface area contributed by atoms with E-state index >= 15 is 0 Å². The summed E-state index contributed by atoms with van der Waals surface area (Å²) in [6.07, 6.45) is 3.53. The van der Waals surface area contributed by atoms with Crippen LogP contribution in [0.25, 0.3) is 10.8 Å². The van der Waals surface area contributed by atoms with Crippen molar-refractivity contribution in [2.45, 2.75) is 13.5 Å². The monoisotopic (exact) mass is 418 g/mol. The van der Waals surface area contributed by atoms with Gasteiger partial charge in [-0.15, -0.1) is 0 Å². The van der Waals surface area contributed by atoms with E-state index in [0.29, 0.717) is 40.6 Å². The molecule has 6 nitrogen and oxygen atoms in total. The molecule has 1 aromatic heterocycles. The molecule has 1 aliphatic heterocycles. The number of nitrogens with zero attached hydrogens (tertiary/aromatic N) is 3. The maximum atomic E-state index is 13.7. The fraction of sp³-hybridized carbons (Fsp3) is 0.167. The molecular formula is C24H23FN4O2. The Bertz CT molecular complexity index is 1310. The van der Waals surface area contributed by atoms with Gasteiger partial charge in [0, 0.05) is 24.0 Å². The van der Waals surface area contributed by atoms with Gasteiger partial charge in [0.25, 0.3) is 5.56 Å². The molecule has 0 bridgehead atoms. The van der Waals surface area contributed by atoms with Gasteiger partial charge in [0.1, 0.15) is 5.82 Å². The largest absolute Gasteiger partial charge is 0.493 e. The zero-order valence-electron chi connectivity index (χ0n) is 17.6. The maximum absolute atomic E-state index is 13.7. The van der Waals surface area contributed by atoms with E-state index in [4.69, 9.17) is 9.73 Å². The molecule has 4 rings (SSSR count). The van der Waals surface area contributed by atoms with E-state index in [1.165, 1.54) is 10.6 Å². The molecule has 2 heterocycles. The minimum absolute atomic E-state index is 0.0826. The average Bonchev–Trinajstić information content (AvgIpc) is 2.75. The van der Waals surface area contributed by atoms with Crippen molar-refractivity contribution >= 4 is 22.4 Å². The topological polar surface area (TPSA) is 58.9 Å². The molecule has 1 N–H and O–H groups in total. The van der Waals surface area contributed by atoms with Crippen molar-refractivity contribution in [3.63, 3.8) is 0 Å². The summed E-state index contributed by atoms with van der Waals surface area (Å²) in [6, 6.07) is 12.3. The number of rotatable bonds is 4. The molecule has 31 heavy (non-hydrogen) atoms. The van der Waals surface area contributed by atoms with Crippen LogP contribution < -0.4 is 10.9 Å². The number of methoxy groups -OCH3 is 1. The number of hydrogen-bond acceptors (Lipinski definition) is 3. The van der Waals surface area contributed by atoms with Crippen molar-refractivity contribution in [1.82, 2.24) is 14.8 Å². The van der Waals surface area contributed by atoms with Gasteiger partial charge in [0.15, 0.2) is 5.76 Å². The fourth-order valence-corrected chi connectivity index (χ4v) is 3.51. The second-order valence-electron chi connectivity index (χ2n) is 7.42. The van der Waals surface area contributed by atoms with E-state index in [1.54, 1.807) is 51.7 Å². The first-order valence-corrected chi connectivity index (χ1v) is 9.78. The zero-order chi connectivity index (χ0) is 22.1. The van der Waals surface area contributed by atoms with Crippen molar-refractivity contribution in [2.75, 3.05) is 7.11 Å². The SMILES string of the molecule is C=C1NC(=Nc2cccc3c(=O)n(C)ccc23)N(Cc2ccc(F)c(C)c2)C=C1OC. The normalized spacial score (nSPS) is 15.2. The number of fused-ring (bicyclic) bond motifs is 1. The lowest BCUT2D eigenvalue weighted by Crippen LogP contribution is -2.41. The van der Waals surface area contributed by atoms with Gasteiger partial charge in [-0.3, -0.25) is 4.79 Å². The molecular weight excluding hydrogens is 395 g/mol. The van der Waals surface area contributed by atoms with Crippen LogP contribution in [0.1, 0.15) is 11.1 Å². The molecule has 0 atom stereocenters. The van der Waals surface area contributed by atoms with Crippen LogP contribution in [-0.4, -0.2) is 22.5 Å². The van der Waals surface area contributed by atoms with Crippen molar-refractivity contribution in [2.24, 2.45) is 12.0 Å². The molecule has 7 heteroatoms. The summed E-state index contributed by atoms with van der Waals surface area (Å²) in [7, 11) is 3.29. The third kappa shape index (κ3) is 3.94. The molecule has 0 saturated carbocycles. The van der Waals surface area contributed by atoms with E-state index in [9.17, 15) is 9.18 Å². The van der Waals surface area contributed by atoms with E-state index in [1.807, 2.05) is 23.1 Å². The molecule has 1 aliphatic rings. The number of nitrogens with one attached hydrogen (secondary N) is 1. The highest BCUT2D eigenvalue weighted by molar-refractivity contribution is 5.96. The smallest absolute Gasteiger partial charge is 0.258 e. The van der Waals surface area contributed by atoms with Crippen molar-refractivity contribution in [1.29, 1.82) is 0 Å². The van der Waals surface area contributed by atoms with Gasteiger partial charge in [0.2, 0.25) is 5.96 Å². The van der Waals surface area contributed by atoms with Crippen LogP contribution in [-0.2, 0) is 18.3 Å². The van der Waals surface area contributed by atoms with Gasteiger partial charge in [-0.1, -0.05) is 24.8 Å². The van der Waals surface area contributed by atoms with Crippen LogP contribution >= 0.6 is 0 Å². The summed E-state index contributed by atoms with van der Waals surface area (Å²) in [6.45, 7) is 6.18. The van der Waals surface area contributed by atoms with Gasteiger partial charge in [-0.25, -0.2) is 9.38 Å². The third-order valence-corrected chi connectivity index (χ3v) is 5.23. The standard InChI is InChI=1S/C24H23FN4O2/c1-15-12-17(8-9-20(15)25)13-29-14-22(31-4)16(2)26-24(29)27-21-7-5-6-19-18(21)10-11-28(3)23(19)30/h5-12,14H,2,13H2,1,3-4H3,(H,26,27). The lowest BCUT2D eigenvalue weighted by molar-refractivity contribution is 0.282. The predicted molar refractivity (Wildman–Crippen MR) is 120 cm³/mol. The van der Waals surface area contributed by atoms with Gasteiger partial charge in [-0.05, 0) is 42.3 Å². The fourth-order valence-electron chi connectivity index (χ4n) is 3.51. The summed E-state index contributed by atoms with van der Waals surface area (Å²) in [4.78, 5) is 19.2. The van der Waals surface area contributed by atoms with Crippen molar-refractivity contribution in [3.8, 4) is 0 Å². The predicted octanol–water partition coefficient (Wildman–Crippen LogP) is 4.08. The molecule has 158 valence electrons. The zero-order valence-corrected chi connectivity index (χ0v) is 17.6. The summed E-state index contributed by atoms with van der Waals surface area (Å²) in [5.41, 5.74) is 2.63. The first-order chi connectivity index (χ1) is 14.9. The second kappa shape index (κ2) is 8.10. The summed E-state index contributed by atoms with van der Waals surface area (Å²) in [5.74, 6) is 0.860. The number of aryl methyl sites for hydroxylation is 2. The Labute approximate surface area is 179 Å².